The lowest BCUT2D eigenvalue weighted by atomic mass is 10.2. The molecule has 1 heterocycles. The summed E-state index contributed by atoms with van der Waals surface area (Å²) in [7, 11) is 3.11. The lowest BCUT2D eigenvalue weighted by molar-refractivity contribution is -0.140. The first kappa shape index (κ1) is 16.8. The molecule has 0 radical (unpaired) electrons. The van der Waals surface area contributed by atoms with Crippen LogP contribution in [0.5, 0.6) is 0 Å². The predicted molar refractivity (Wildman–Crippen MR) is 80.7 cm³/mol. The lowest BCUT2D eigenvalue weighted by Crippen LogP contribution is -2.30. The van der Waals surface area contributed by atoms with Crippen molar-refractivity contribution < 1.29 is 14.3 Å². The quantitative estimate of drug-likeness (QED) is 0.745. The molecule has 0 fully saturated rings. The number of halogens is 1. The third-order valence-corrected chi connectivity index (χ3v) is 3.47. The van der Waals surface area contributed by atoms with Gasteiger partial charge in [0.15, 0.2) is 0 Å². The van der Waals surface area contributed by atoms with Crippen molar-refractivity contribution >= 4 is 27.8 Å². The molecular weight excluding hydrogens is 324 g/mol. The normalized spacial score (nSPS) is 10.7. The zero-order valence-corrected chi connectivity index (χ0v) is 13.9. The van der Waals surface area contributed by atoms with Gasteiger partial charge in [-0.1, -0.05) is 0 Å². The van der Waals surface area contributed by atoms with Crippen LogP contribution in [0.1, 0.15) is 43.2 Å². The molecule has 5 nitrogen and oxygen atoms in total. The molecule has 0 saturated carbocycles. The molecule has 1 aromatic heterocycles. The van der Waals surface area contributed by atoms with Gasteiger partial charge in [0.2, 0.25) is 0 Å². The van der Waals surface area contributed by atoms with E-state index in [9.17, 15) is 9.59 Å². The second kappa shape index (κ2) is 7.47. The fourth-order valence-electron chi connectivity index (χ4n) is 1.90. The number of nitrogens with zero attached hydrogens (tertiary/aromatic N) is 2. The smallest absolute Gasteiger partial charge is 0.305 e. The summed E-state index contributed by atoms with van der Waals surface area (Å²) in [4.78, 5) is 25.1. The van der Waals surface area contributed by atoms with E-state index in [2.05, 4.69) is 20.7 Å². The Hall–Kier alpha value is -1.30. The standard InChI is InChI=1S/C14H21BrN2O3/c1-10(2)17-9-11(15)8-12(17)14(19)16(3)7-5-6-13(18)20-4/h8-10H,5-7H2,1-4H3. The van der Waals surface area contributed by atoms with Gasteiger partial charge >= 0.3 is 5.97 Å². The van der Waals surface area contributed by atoms with Crippen LogP contribution >= 0.6 is 15.9 Å². The van der Waals surface area contributed by atoms with Crippen LogP contribution in [-0.2, 0) is 9.53 Å². The van der Waals surface area contributed by atoms with Crippen LogP contribution in [0.15, 0.2) is 16.7 Å². The van der Waals surface area contributed by atoms with Crippen LogP contribution < -0.4 is 0 Å². The van der Waals surface area contributed by atoms with E-state index < -0.39 is 0 Å². The van der Waals surface area contributed by atoms with Gasteiger partial charge in [-0.25, -0.2) is 0 Å². The SMILES string of the molecule is COC(=O)CCCN(C)C(=O)c1cc(Br)cn1C(C)C. The number of rotatable bonds is 6. The Morgan fingerprint density at radius 2 is 2.10 bits per heavy atom. The Bertz CT molecular complexity index is 483. The number of ether oxygens (including phenoxy) is 1. The number of carbonyl (C=O) groups excluding carboxylic acids is 2. The number of methoxy groups -OCH3 is 1. The van der Waals surface area contributed by atoms with Crippen LogP contribution in [0.3, 0.4) is 0 Å². The Labute approximate surface area is 128 Å². The van der Waals surface area contributed by atoms with Crippen molar-refractivity contribution in [2.24, 2.45) is 0 Å². The zero-order chi connectivity index (χ0) is 15.3. The molecule has 0 N–H and O–H groups in total. The van der Waals surface area contributed by atoms with E-state index in [-0.39, 0.29) is 17.9 Å². The number of carbonyl (C=O) groups is 2. The summed E-state index contributed by atoms with van der Waals surface area (Å²) < 4.78 is 7.40. The van der Waals surface area contributed by atoms with E-state index in [1.54, 1.807) is 11.9 Å². The van der Waals surface area contributed by atoms with Crippen molar-refractivity contribution in [2.45, 2.75) is 32.7 Å². The molecule has 0 unspecified atom stereocenters. The van der Waals surface area contributed by atoms with Crippen LogP contribution in [-0.4, -0.2) is 42.0 Å². The molecule has 0 aliphatic rings. The summed E-state index contributed by atoms with van der Waals surface area (Å²) in [6, 6.07) is 2.03. The number of hydrogen-bond acceptors (Lipinski definition) is 3. The van der Waals surface area contributed by atoms with E-state index >= 15 is 0 Å². The first-order chi connectivity index (χ1) is 9.36. The van der Waals surface area contributed by atoms with Crippen molar-refractivity contribution in [3.8, 4) is 0 Å². The zero-order valence-electron chi connectivity index (χ0n) is 12.4. The molecule has 1 amide bonds. The highest BCUT2D eigenvalue weighted by atomic mass is 79.9. The third kappa shape index (κ3) is 4.37. The first-order valence-corrected chi connectivity index (χ1v) is 7.35. The molecule has 1 aromatic rings. The average Bonchev–Trinajstić information content (AvgIpc) is 2.79. The molecule has 0 aliphatic heterocycles. The summed E-state index contributed by atoms with van der Waals surface area (Å²) in [5, 5.41) is 0. The largest absolute Gasteiger partial charge is 0.469 e. The summed E-state index contributed by atoms with van der Waals surface area (Å²) >= 11 is 3.40. The minimum Gasteiger partial charge on any atom is -0.469 e. The maximum Gasteiger partial charge on any atom is 0.305 e. The molecule has 6 heteroatoms. The summed E-state index contributed by atoms with van der Waals surface area (Å²) in [5.41, 5.74) is 0.646. The molecule has 0 atom stereocenters. The number of aromatic nitrogens is 1. The van der Waals surface area contributed by atoms with E-state index in [1.807, 2.05) is 30.7 Å². The molecule has 20 heavy (non-hydrogen) atoms. The van der Waals surface area contributed by atoms with E-state index in [4.69, 9.17) is 0 Å². The molecule has 0 aliphatic carbocycles. The van der Waals surface area contributed by atoms with Crippen molar-refractivity contribution in [1.82, 2.24) is 9.47 Å². The maximum absolute atomic E-state index is 12.4. The Balaban J connectivity index is 2.67. The van der Waals surface area contributed by atoms with Crippen molar-refractivity contribution in [3.05, 3.63) is 22.4 Å². The van der Waals surface area contributed by atoms with E-state index in [0.717, 1.165) is 4.47 Å². The summed E-state index contributed by atoms with van der Waals surface area (Å²) in [6.45, 7) is 4.58. The number of amides is 1. The molecule has 0 spiro atoms. The highest BCUT2D eigenvalue weighted by Crippen LogP contribution is 2.20. The average molecular weight is 345 g/mol. The molecular formula is C14H21BrN2O3. The molecule has 0 aromatic carbocycles. The van der Waals surface area contributed by atoms with Crippen molar-refractivity contribution in [1.29, 1.82) is 0 Å². The van der Waals surface area contributed by atoms with Gasteiger partial charge in [-0.3, -0.25) is 9.59 Å². The van der Waals surface area contributed by atoms with Crippen molar-refractivity contribution in [2.75, 3.05) is 20.7 Å². The van der Waals surface area contributed by atoms with Gasteiger partial charge in [0, 0.05) is 36.7 Å². The highest BCUT2D eigenvalue weighted by Gasteiger charge is 2.18. The lowest BCUT2D eigenvalue weighted by Gasteiger charge is -2.19. The number of hydrogen-bond donors (Lipinski definition) is 0. The molecule has 1 rings (SSSR count). The van der Waals surface area contributed by atoms with Gasteiger partial charge in [0.1, 0.15) is 5.69 Å². The Morgan fingerprint density at radius 3 is 2.65 bits per heavy atom. The van der Waals surface area contributed by atoms with Gasteiger partial charge in [-0.05, 0) is 42.3 Å². The minimum absolute atomic E-state index is 0.0470. The summed E-state index contributed by atoms with van der Waals surface area (Å²) in [6.07, 6.45) is 2.82. The Kier molecular flexibility index (Phi) is 6.26. The fourth-order valence-corrected chi connectivity index (χ4v) is 2.34. The second-order valence-electron chi connectivity index (χ2n) is 4.95. The second-order valence-corrected chi connectivity index (χ2v) is 5.87. The third-order valence-electron chi connectivity index (χ3n) is 3.04. The van der Waals surface area contributed by atoms with Gasteiger partial charge in [0.05, 0.1) is 7.11 Å². The van der Waals surface area contributed by atoms with Crippen LogP contribution in [0, 0.1) is 0 Å². The van der Waals surface area contributed by atoms with Gasteiger partial charge in [-0.2, -0.15) is 0 Å². The monoisotopic (exact) mass is 344 g/mol. The van der Waals surface area contributed by atoms with Gasteiger partial charge in [-0.15, -0.1) is 0 Å². The first-order valence-electron chi connectivity index (χ1n) is 6.56. The van der Waals surface area contributed by atoms with Gasteiger partial charge < -0.3 is 14.2 Å². The minimum atomic E-state index is -0.251. The molecule has 112 valence electrons. The van der Waals surface area contributed by atoms with Crippen LogP contribution in [0.4, 0.5) is 0 Å². The van der Waals surface area contributed by atoms with Gasteiger partial charge in [0.25, 0.3) is 5.91 Å². The highest BCUT2D eigenvalue weighted by molar-refractivity contribution is 9.10. The van der Waals surface area contributed by atoms with E-state index in [0.29, 0.717) is 25.1 Å². The summed E-state index contributed by atoms with van der Waals surface area (Å²) in [5.74, 6) is -0.298. The Morgan fingerprint density at radius 1 is 1.45 bits per heavy atom. The molecule has 0 bridgehead atoms. The van der Waals surface area contributed by atoms with Crippen LogP contribution in [0.2, 0.25) is 0 Å². The molecule has 0 saturated heterocycles. The van der Waals surface area contributed by atoms with Crippen molar-refractivity contribution in [3.63, 3.8) is 0 Å². The predicted octanol–water partition coefficient (Wildman–Crippen LogP) is 2.86. The van der Waals surface area contributed by atoms with E-state index in [1.165, 1.54) is 7.11 Å². The topological polar surface area (TPSA) is 51.5 Å². The fraction of sp³-hybridized carbons (Fsp3) is 0.571. The number of esters is 1. The maximum atomic E-state index is 12.4. The van der Waals surface area contributed by atoms with Crippen LogP contribution in [0.25, 0.3) is 0 Å².